The largest absolute Gasteiger partial charge is 0.383 e. The van der Waals surface area contributed by atoms with Gasteiger partial charge in [-0.1, -0.05) is 29.3 Å². The molecule has 0 amide bonds. The topological polar surface area (TPSA) is 61.4 Å². The maximum atomic E-state index is 11.4. The van der Waals surface area contributed by atoms with E-state index in [4.69, 9.17) is 27.9 Å². The lowest BCUT2D eigenvalue weighted by Gasteiger charge is -2.36. The minimum absolute atomic E-state index is 0.346. The average molecular weight is 356 g/mol. The van der Waals surface area contributed by atoms with Crippen molar-refractivity contribution in [2.75, 3.05) is 32.8 Å². The van der Waals surface area contributed by atoms with Crippen LogP contribution in [-0.2, 0) is 16.8 Å². The highest BCUT2D eigenvalue weighted by Gasteiger charge is 2.35. The first-order chi connectivity index (χ1) is 11.1. The van der Waals surface area contributed by atoms with Crippen molar-refractivity contribution >= 4 is 23.2 Å². The number of nitrogens with one attached hydrogen (secondary N) is 1. The molecule has 1 fully saturated rings. The summed E-state index contributed by atoms with van der Waals surface area (Å²) in [6.07, 6.45) is 3.76. The molecule has 1 aliphatic heterocycles. The van der Waals surface area contributed by atoms with Gasteiger partial charge in [0.15, 0.2) is 0 Å². The molecule has 1 aromatic carbocycles. The quantitative estimate of drug-likeness (QED) is 0.864. The number of halogens is 2. The number of rotatable bonds is 5. The van der Waals surface area contributed by atoms with E-state index in [0.717, 1.165) is 13.1 Å². The highest BCUT2D eigenvalue weighted by molar-refractivity contribution is 6.35. The van der Waals surface area contributed by atoms with Gasteiger partial charge in [-0.05, 0) is 12.1 Å². The van der Waals surface area contributed by atoms with Crippen LogP contribution in [-0.4, -0.2) is 52.8 Å². The Morgan fingerprint density at radius 1 is 1.30 bits per heavy atom. The molecule has 1 unspecified atom stereocenters. The number of aromatic amines is 1. The van der Waals surface area contributed by atoms with Gasteiger partial charge in [-0.25, -0.2) is 4.98 Å². The SMILES string of the molecule is OC(Cc1ncc[nH]1)(CN1CCOCC1)c1ccc(Cl)cc1Cl. The molecule has 1 saturated heterocycles. The molecule has 1 aliphatic rings. The van der Waals surface area contributed by atoms with Crippen molar-refractivity contribution in [3.63, 3.8) is 0 Å². The van der Waals surface area contributed by atoms with Crippen LogP contribution in [0.1, 0.15) is 11.4 Å². The van der Waals surface area contributed by atoms with Gasteiger partial charge < -0.3 is 14.8 Å². The summed E-state index contributed by atoms with van der Waals surface area (Å²) in [5.41, 5.74) is -0.497. The second kappa shape index (κ2) is 7.20. The molecular weight excluding hydrogens is 337 g/mol. The first kappa shape index (κ1) is 16.7. The molecule has 0 aliphatic carbocycles. The average Bonchev–Trinajstić information content (AvgIpc) is 3.00. The number of benzene rings is 1. The Labute approximate surface area is 145 Å². The fourth-order valence-electron chi connectivity index (χ4n) is 2.90. The molecule has 0 bridgehead atoms. The van der Waals surface area contributed by atoms with E-state index in [-0.39, 0.29) is 0 Å². The molecule has 23 heavy (non-hydrogen) atoms. The van der Waals surface area contributed by atoms with Crippen LogP contribution in [0.3, 0.4) is 0 Å². The first-order valence-corrected chi connectivity index (χ1v) is 8.29. The number of hydrogen-bond acceptors (Lipinski definition) is 4. The van der Waals surface area contributed by atoms with Crippen LogP contribution in [0.5, 0.6) is 0 Å². The fraction of sp³-hybridized carbons (Fsp3) is 0.438. The molecule has 0 saturated carbocycles. The lowest BCUT2D eigenvalue weighted by Crippen LogP contribution is -2.47. The predicted molar refractivity (Wildman–Crippen MR) is 89.9 cm³/mol. The lowest BCUT2D eigenvalue weighted by molar-refractivity contribution is -0.0362. The molecular formula is C16H19Cl2N3O2. The molecule has 1 aromatic heterocycles. The zero-order valence-corrected chi connectivity index (χ0v) is 14.1. The normalized spacial score (nSPS) is 18.7. The number of ether oxygens (including phenoxy) is 1. The van der Waals surface area contributed by atoms with Crippen molar-refractivity contribution in [3.05, 3.63) is 52.0 Å². The maximum Gasteiger partial charge on any atom is 0.111 e. The molecule has 7 heteroatoms. The van der Waals surface area contributed by atoms with Gasteiger partial charge in [0.25, 0.3) is 0 Å². The van der Waals surface area contributed by atoms with Crippen LogP contribution < -0.4 is 0 Å². The van der Waals surface area contributed by atoms with Crippen molar-refractivity contribution < 1.29 is 9.84 Å². The molecule has 2 aromatic rings. The molecule has 2 N–H and O–H groups in total. The summed E-state index contributed by atoms with van der Waals surface area (Å²) >= 11 is 12.3. The van der Waals surface area contributed by atoms with Crippen LogP contribution in [0.2, 0.25) is 10.0 Å². The van der Waals surface area contributed by atoms with Crippen molar-refractivity contribution in [2.24, 2.45) is 0 Å². The van der Waals surface area contributed by atoms with Crippen LogP contribution in [0.15, 0.2) is 30.6 Å². The van der Waals surface area contributed by atoms with Gasteiger partial charge in [0, 0.05) is 54.1 Å². The minimum Gasteiger partial charge on any atom is -0.383 e. The summed E-state index contributed by atoms with van der Waals surface area (Å²) in [5, 5.41) is 12.4. The predicted octanol–water partition coefficient (Wildman–Crippen LogP) is 2.48. The third kappa shape index (κ3) is 4.05. The number of hydrogen-bond donors (Lipinski definition) is 2. The summed E-state index contributed by atoms with van der Waals surface area (Å²) in [6.45, 7) is 3.37. The Morgan fingerprint density at radius 3 is 2.74 bits per heavy atom. The summed E-state index contributed by atoms with van der Waals surface area (Å²) in [7, 11) is 0. The van der Waals surface area contributed by atoms with E-state index >= 15 is 0 Å². The molecule has 2 heterocycles. The first-order valence-electron chi connectivity index (χ1n) is 7.53. The van der Waals surface area contributed by atoms with Gasteiger partial charge in [-0.3, -0.25) is 4.90 Å². The number of imidazole rings is 1. The zero-order valence-electron chi connectivity index (χ0n) is 12.6. The van der Waals surface area contributed by atoms with Crippen molar-refractivity contribution in [1.29, 1.82) is 0 Å². The smallest absolute Gasteiger partial charge is 0.111 e. The van der Waals surface area contributed by atoms with Crippen molar-refractivity contribution in [1.82, 2.24) is 14.9 Å². The molecule has 5 nitrogen and oxygen atoms in total. The van der Waals surface area contributed by atoms with Gasteiger partial charge in [0.05, 0.1) is 13.2 Å². The van der Waals surface area contributed by atoms with Crippen LogP contribution in [0.25, 0.3) is 0 Å². The molecule has 0 spiro atoms. The van der Waals surface area contributed by atoms with Crippen LogP contribution in [0.4, 0.5) is 0 Å². The van der Waals surface area contributed by atoms with E-state index < -0.39 is 5.60 Å². The summed E-state index contributed by atoms with van der Waals surface area (Å²) < 4.78 is 5.38. The zero-order chi connectivity index (χ0) is 16.3. The monoisotopic (exact) mass is 355 g/mol. The summed E-state index contributed by atoms with van der Waals surface area (Å²) in [4.78, 5) is 9.46. The van der Waals surface area contributed by atoms with E-state index in [1.807, 2.05) is 0 Å². The Hall–Kier alpha value is -1.11. The van der Waals surface area contributed by atoms with E-state index in [1.165, 1.54) is 0 Å². The molecule has 0 radical (unpaired) electrons. The van der Waals surface area contributed by atoms with Gasteiger partial charge in [0.1, 0.15) is 11.4 Å². The summed E-state index contributed by atoms with van der Waals surface area (Å²) in [5.74, 6) is 0.715. The van der Waals surface area contributed by atoms with Crippen molar-refractivity contribution in [3.8, 4) is 0 Å². The number of morpholine rings is 1. The highest BCUT2D eigenvalue weighted by Crippen LogP contribution is 2.33. The standard InChI is InChI=1S/C16H19Cl2N3O2/c17-12-1-2-13(14(18)9-12)16(22,10-15-19-3-4-20-15)11-21-5-7-23-8-6-21/h1-4,9,22H,5-8,10-11H2,(H,19,20). The molecule has 3 rings (SSSR count). The third-order valence-corrected chi connectivity index (χ3v) is 4.58. The molecule has 124 valence electrons. The Bertz CT molecular complexity index is 645. The van der Waals surface area contributed by atoms with Gasteiger partial charge in [-0.2, -0.15) is 0 Å². The van der Waals surface area contributed by atoms with Crippen LogP contribution in [0, 0.1) is 0 Å². The minimum atomic E-state index is -1.16. The fourth-order valence-corrected chi connectivity index (χ4v) is 3.49. The van der Waals surface area contributed by atoms with E-state index in [0.29, 0.717) is 47.6 Å². The Balaban J connectivity index is 1.90. The maximum absolute atomic E-state index is 11.4. The number of β-amino-alcohol motifs (C(OH)–C–C–N with tert-alkyl or cyclic N) is 1. The lowest BCUT2D eigenvalue weighted by atomic mass is 9.89. The Kier molecular flexibility index (Phi) is 5.24. The van der Waals surface area contributed by atoms with E-state index in [2.05, 4.69) is 14.9 Å². The molecule has 1 atom stereocenters. The van der Waals surface area contributed by atoms with Gasteiger partial charge in [0.2, 0.25) is 0 Å². The summed E-state index contributed by atoms with van der Waals surface area (Å²) in [6, 6.07) is 5.19. The Morgan fingerprint density at radius 2 is 2.09 bits per heavy atom. The number of aromatic nitrogens is 2. The highest BCUT2D eigenvalue weighted by atomic mass is 35.5. The number of aliphatic hydroxyl groups is 1. The van der Waals surface area contributed by atoms with E-state index in [9.17, 15) is 5.11 Å². The van der Waals surface area contributed by atoms with Gasteiger partial charge >= 0.3 is 0 Å². The second-order valence-electron chi connectivity index (χ2n) is 5.76. The number of H-pyrrole nitrogens is 1. The van der Waals surface area contributed by atoms with Gasteiger partial charge in [-0.15, -0.1) is 0 Å². The van der Waals surface area contributed by atoms with Crippen LogP contribution >= 0.6 is 23.2 Å². The van der Waals surface area contributed by atoms with Crippen molar-refractivity contribution in [2.45, 2.75) is 12.0 Å². The second-order valence-corrected chi connectivity index (χ2v) is 6.60. The van der Waals surface area contributed by atoms with E-state index in [1.54, 1.807) is 30.6 Å². The third-order valence-electron chi connectivity index (χ3n) is 4.04. The number of nitrogens with zero attached hydrogens (tertiary/aromatic N) is 2.